The monoisotopic (exact) mass is 348 g/mol. The van der Waals surface area contributed by atoms with Crippen LogP contribution in [0.25, 0.3) is 11.2 Å². The third-order valence-electron chi connectivity index (χ3n) is 5.11. The molecule has 0 saturated carbocycles. The molecule has 2 aromatic rings. The predicted octanol–water partition coefficient (Wildman–Crippen LogP) is -1.16. The highest BCUT2D eigenvalue weighted by molar-refractivity contribution is 5.79. The minimum absolute atomic E-state index is 0.0385. The van der Waals surface area contributed by atoms with Crippen LogP contribution in [0, 0.1) is 5.92 Å². The molecule has 9 nitrogen and oxygen atoms in total. The number of hydrogen-bond donors (Lipinski definition) is 0. The Hall–Kier alpha value is -2.42. The number of aryl methyl sites for hydroxylation is 1. The van der Waals surface area contributed by atoms with Gasteiger partial charge in [-0.2, -0.15) is 0 Å². The minimum atomic E-state index is -0.440. The van der Waals surface area contributed by atoms with Crippen molar-refractivity contribution in [2.45, 2.75) is 19.5 Å². The van der Waals surface area contributed by atoms with E-state index in [0.717, 1.165) is 4.57 Å². The van der Waals surface area contributed by atoms with Gasteiger partial charge in [0.25, 0.3) is 5.56 Å². The third kappa shape index (κ3) is 2.78. The molecule has 3 rings (SSSR count). The lowest BCUT2D eigenvalue weighted by Gasteiger charge is -2.22. The molecule has 25 heavy (non-hydrogen) atoms. The number of likely N-dealkylation sites (N-methyl/N-ethyl adjacent to an activating group) is 1. The fourth-order valence-corrected chi connectivity index (χ4v) is 3.59. The summed E-state index contributed by atoms with van der Waals surface area (Å²) in [6.07, 6.45) is 1.45. The molecule has 1 fully saturated rings. The summed E-state index contributed by atoms with van der Waals surface area (Å²) in [4.78, 5) is 45.2. The fourth-order valence-electron chi connectivity index (χ4n) is 3.59. The second-order valence-electron chi connectivity index (χ2n) is 7.06. The summed E-state index contributed by atoms with van der Waals surface area (Å²) in [5, 5.41) is 0. The minimum Gasteiger partial charge on any atom is -0.339 e. The van der Waals surface area contributed by atoms with Gasteiger partial charge in [-0.25, -0.2) is 9.78 Å². The Bertz CT molecular complexity index is 938. The molecule has 0 bridgehead atoms. The van der Waals surface area contributed by atoms with E-state index in [0.29, 0.717) is 30.7 Å². The topological polar surface area (TPSA) is 85.4 Å². The zero-order valence-electron chi connectivity index (χ0n) is 15.3. The SMILES string of the molecule is C[C@@H]1CN(C(=O)Cn2cnc3c2c(=O)n(C)c(=O)n3C)C[C@@H]1N(C)C. The van der Waals surface area contributed by atoms with Gasteiger partial charge in [-0.15, -0.1) is 0 Å². The zero-order valence-corrected chi connectivity index (χ0v) is 15.3. The molecule has 3 heterocycles. The first-order valence-corrected chi connectivity index (χ1v) is 8.27. The van der Waals surface area contributed by atoms with Gasteiger partial charge in [-0.3, -0.25) is 18.7 Å². The fraction of sp³-hybridized carbons (Fsp3) is 0.625. The van der Waals surface area contributed by atoms with Crippen molar-refractivity contribution in [2.75, 3.05) is 27.2 Å². The molecule has 0 unspecified atom stereocenters. The van der Waals surface area contributed by atoms with E-state index in [1.54, 1.807) is 7.05 Å². The number of amides is 1. The highest BCUT2D eigenvalue weighted by Crippen LogP contribution is 2.20. The van der Waals surface area contributed by atoms with Crippen molar-refractivity contribution in [3.63, 3.8) is 0 Å². The van der Waals surface area contributed by atoms with E-state index in [4.69, 9.17) is 0 Å². The van der Waals surface area contributed by atoms with Gasteiger partial charge in [-0.05, 0) is 20.0 Å². The van der Waals surface area contributed by atoms with Crippen molar-refractivity contribution in [2.24, 2.45) is 20.0 Å². The molecule has 1 aliphatic rings. The molecular weight excluding hydrogens is 324 g/mol. The van der Waals surface area contributed by atoms with E-state index in [1.807, 2.05) is 19.0 Å². The summed E-state index contributed by atoms with van der Waals surface area (Å²) < 4.78 is 3.88. The maximum absolute atomic E-state index is 12.7. The molecule has 0 N–H and O–H groups in total. The van der Waals surface area contributed by atoms with Crippen LogP contribution >= 0.6 is 0 Å². The number of likely N-dealkylation sites (tertiary alicyclic amines) is 1. The van der Waals surface area contributed by atoms with Crippen molar-refractivity contribution in [3.05, 3.63) is 27.2 Å². The quantitative estimate of drug-likeness (QED) is 0.699. The lowest BCUT2D eigenvalue weighted by Crippen LogP contribution is -2.39. The summed E-state index contributed by atoms with van der Waals surface area (Å²) in [5.74, 6) is 0.346. The second kappa shape index (κ2) is 6.14. The number of carbonyl (C=O) groups is 1. The van der Waals surface area contributed by atoms with Crippen molar-refractivity contribution in [1.82, 2.24) is 28.5 Å². The number of fused-ring (bicyclic) bond motifs is 1. The van der Waals surface area contributed by atoms with Crippen molar-refractivity contribution < 1.29 is 4.79 Å². The smallest absolute Gasteiger partial charge is 0.332 e. The molecule has 0 spiro atoms. The van der Waals surface area contributed by atoms with Crippen LogP contribution in [0.4, 0.5) is 0 Å². The Labute approximate surface area is 145 Å². The molecule has 2 aromatic heterocycles. The first kappa shape index (κ1) is 17.4. The summed E-state index contributed by atoms with van der Waals surface area (Å²) in [5.41, 5.74) is -0.308. The van der Waals surface area contributed by atoms with Crippen molar-refractivity contribution >= 4 is 17.1 Å². The van der Waals surface area contributed by atoms with Crippen LogP contribution in [0.2, 0.25) is 0 Å². The van der Waals surface area contributed by atoms with E-state index in [1.165, 1.54) is 22.5 Å². The Morgan fingerprint density at radius 2 is 1.92 bits per heavy atom. The first-order chi connectivity index (χ1) is 11.7. The molecule has 136 valence electrons. The molecule has 9 heteroatoms. The summed E-state index contributed by atoms with van der Waals surface area (Å²) in [7, 11) is 7.02. The van der Waals surface area contributed by atoms with Gasteiger partial charge in [0.15, 0.2) is 11.2 Å². The van der Waals surface area contributed by atoms with Crippen LogP contribution in [0.5, 0.6) is 0 Å². The highest BCUT2D eigenvalue weighted by atomic mass is 16.2. The number of carbonyl (C=O) groups excluding carboxylic acids is 1. The molecule has 1 aliphatic heterocycles. The van der Waals surface area contributed by atoms with Gasteiger partial charge in [0.1, 0.15) is 6.54 Å². The van der Waals surface area contributed by atoms with Crippen LogP contribution in [0.15, 0.2) is 15.9 Å². The number of imidazole rings is 1. The molecule has 0 aliphatic carbocycles. The Morgan fingerprint density at radius 3 is 2.52 bits per heavy atom. The Balaban J connectivity index is 1.91. The van der Waals surface area contributed by atoms with E-state index >= 15 is 0 Å². The third-order valence-corrected chi connectivity index (χ3v) is 5.11. The average Bonchev–Trinajstić information content (AvgIpc) is 3.15. The van der Waals surface area contributed by atoms with Crippen LogP contribution in [-0.2, 0) is 25.4 Å². The van der Waals surface area contributed by atoms with Crippen LogP contribution < -0.4 is 11.2 Å². The van der Waals surface area contributed by atoms with Gasteiger partial charge in [-0.1, -0.05) is 6.92 Å². The maximum Gasteiger partial charge on any atom is 0.332 e. The van der Waals surface area contributed by atoms with E-state index in [9.17, 15) is 14.4 Å². The maximum atomic E-state index is 12.7. The van der Waals surface area contributed by atoms with Crippen LogP contribution in [0.1, 0.15) is 6.92 Å². The standard InChI is InChI=1S/C16H24N6O3/c1-10-6-21(7-11(10)18(2)3)12(23)8-22-9-17-14-13(22)15(24)20(5)16(25)19(14)4/h9-11H,6-8H2,1-5H3/t10-,11+/m1/s1. The van der Waals surface area contributed by atoms with Crippen molar-refractivity contribution in [3.8, 4) is 0 Å². The summed E-state index contributed by atoms with van der Waals surface area (Å²) in [6, 6.07) is 0.331. The molecule has 1 saturated heterocycles. The normalized spacial score (nSPS) is 20.8. The molecule has 0 aromatic carbocycles. The lowest BCUT2D eigenvalue weighted by molar-refractivity contribution is -0.130. The van der Waals surface area contributed by atoms with Gasteiger partial charge >= 0.3 is 5.69 Å². The molecule has 0 radical (unpaired) electrons. The number of rotatable bonds is 3. The summed E-state index contributed by atoms with van der Waals surface area (Å²) in [6.45, 7) is 3.55. The number of hydrogen-bond acceptors (Lipinski definition) is 5. The molecule has 2 atom stereocenters. The lowest BCUT2D eigenvalue weighted by atomic mass is 10.1. The Kier molecular flexibility index (Phi) is 4.28. The molecule has 1 amide bonds. The zero-order chi connectivity index (χ0) is 18.5. The van der Waals surface area contributed by atoms with E-state index in [2.05, 4.69) is 16.8 Å². The van der Waals surface area contributed by atoms with E-state index < -0.39 is 11.2 Å². The van der Waals surface area contributed by atoms with Crippen LogP contribution in [0.3, 0.4) is 0 Å². The summed E-state index contributed by atoms with van der Waals surface area (Å²) >= 11 is 0. The number of aromatic nitrogens is 4. The van der Waals surface area contributed by atoms with Gasteiger partial charge in [0.2, 0.25) is 5.91 Å². The van der Waals surface area contributed by atoms with E-state index in [-0.39, 0.29) is 18.0 Å². The van der Waals surface area contributed by atoms with Gasteiger partial charge in [0.05, 0.1) is 6.33 Å². The van der Waals surface area contributed by atoms with Gasteiger partial charge in [0, 0.05) is 33.2 Å². The average molecular weight is 348 g/mol. The largest absolute Gasteiger partial charge is 0.339 e. The van der Waals surface area contributed by atoms with Crippen LogP contribution in [-0.4, -0.2) is 67.6 Å². The number of nitrogens with zero attached hydrogens (tertiary/aromatic N) is 6. The Morgan fingerprint density at radius 1 is 1.24 bits per heavy atom. The predicted molar refractivity (Wildman–Crippen MR) is 93.4 cm³/mol. The molecular formula is C16H24N6O3. The second-order valence-corrected chi connectivity index (χ2v) is 7.06. The van der Waals surface area contributed by atoms with Crippen molar-refractivity contribution in [1.29, 1.82) is 0 Å². The first-order valence-electron chi connectivity index (χ1n) is 8.27. The van der Waals surface area contributed by atoms with Gasteiger partial charge < -0.3 is 14.4 Å². The highest BCUT2D eigenvalue weighted by Gasteiger charge is 2.33.